The molecule has 1 aromatic heterocycles. The molecular formula is C11H6ClN2O2-. The average Bonchev–Trinajstić information content (AvgIpc) is 2.29. The maximum atomic E-state index is 10.9. The van der Waals surface area contributed by atoms with Gasteiger partial charge in [-0.15, -0.1) is 0 Å². The van der Waals surface area contributed by atoms with Crippen LogP contribution >= 0.6 is 11.6 Å². The molecule has 4 nitrogen and oxygen atoms in total. The van der Waals surface area contributed by atoms with E-state index in [1.165, 1.54) is 0 Å². The first-order chi connectivity index (χ1) is 7.68. The third-order valence-electron chi connectivity index (χ3n) is 2.03. The number of rotatable bonds is 2. The zero-order chi connectivity index (χ0) is 11.5. The maximum absolute atomic E-state index is 10.9. The standard InChI is InChI=1S/C11H7ClN2O2/c12-11-13-6-8(10(15)16)9(14-11)7-4-2-1-3-5-7/h1-6H,(H,15,16)/p-1. The zero-order valence-electron chi connectivity index (χ0n) is 8.05. The minimum atomic E-state index is -1.32. The first kappa shape index (κ1) is 10.6. The van der Waals surface area contributed by atoms with Crippen molar-refractivity contribution in [2.75, 3.05) is 0 Å². The molecule has 16 heavy (non-hydrogen) atoms. The van der Waals surface area contributed by atoms with E-state index < -0.39 is 5.97 Å². The molecule has 0 atom stereocenters. The zero-order valence-corrected chi connectivity index (χ0v) is 8.81. The second kappa shape index (κ2) is 4.28. The second-order valence-electron chi connectivity index (χ2n) is 3.05. The van der Waals surface area contributed by atoms with Crippen LogP contribution in [0.25, 0.3) is 11.3 Å². The van der Waals surface area contributed by atoms with Gasteiger partial charge in [-0.25, -0.2) is 9.97 Å². The van der Waals surface area contributed by atoms with E-state index in [0.717, 1.165) is 6.20 Å². The van der Waals surface area contributed by atoms with Crippen LogP contribution in [-0.2, 0) is 0 Å². The van der Waals surface area contributed by atoms with E-state index in [9.17, 15) is 9.90 Å². The minimum Gasteiger partial charge on any atom is -0.545 e. The van der Waals surface area contributed by atoms with Gasteiger partial charge in [-0.2, -0.15) is 0 Å². The fourth-order valence-electron chi connectivity index (χ4n) is 1.33. The molecule has 0 radical (unpaired) electrons. The molecule has 0 aliphatic rings. The SMILES string of the molecule is O=C([O-])c1cnc(Cl)nc1-c1ccccc1. The lowest BCUT2D eigenvalue weighted by Crippen LogP contribution is -2.23. The summed E-state index contributed by atoms with van der Waals surface area (Å²) in [6.07, 6.45) is 1.15. The van der Waals surface area contributed by atoms with Crippen LogP contribution in [0.5, 0.6) is 0 Å². The topological polar surface area (TPSA) is 65.9 Å². The first-order valence-corrected chi connectivity index (χ1v) is 4.85. The summed E-state index contributed by atoms with van der Waals surface area (Å²) >= 11 is 5.64. The lowest BCUT2D eigenvalue weighted by molar-refractivity contribution is -0.255. The minimum absolute atomic E-state index is 0.00357. The molecule has 5 heteroatoms. The molecule has 0 spiro atoms. The predicted molar refractivity (Wildman–Crippen MR) is 56.8 cm³/mol. The summed E-state index contributed by atoms with van der Waals surface area (Å²) in [6.45, 7) is 0. The summed E-state index contributed by atoms with van der Waals surface area (Å²) in [5.41, 5.74) is 0.849. The smallest absolute Gasteiger partial charge is 0.222 e. The highest BCUT2D eigenvalue weighted by molar-refractivity contribution is 6.28. The maximum Gasteiger partial charge on any atom is 0.222 e. The van der Waals surface area contributed by atoms with Gasteiger partial charge in [0.25, 0.3) is 0 Å². The Morgan fingerprint density at radius 1 is 1.25 bits per heavy atom. The van der Waals surface area contributed by atoms with Crippen molar-refractivity contribution in [2.45, 2.75) is 0 Å². The third-order valence-corrected chi connectivity index (χ3v) is 2.21. The van der Waals surface area contributed by atoms with Crippen molar-refractivity contribution < 1.29 is 9.90 Å². The van der Waals surface area contributed by atoms with E-state index in [1.54, 1.807) is 24.3 Å². The van der Waals surface area contributed by atoms with E-state index in [2.05, 4.69) is 9.97 Å². The van der Waals surface area contributed by atoms with Crippen LogP contribution in [-0.4, -0.2) is 15.9 Å². The fraction of sp³-hybridized carbons (Fsp3) is 0. The third kappa shape index (κ3) is 2.01. The highest BCUT2D eigenvalue weighted by Crippen LogP contribution is 2.21. The molecule has 2 rings (SSSR count). The van der Waals surface area contributed by atoms with Crippen LogP contribution in [0.2, 0.25) is 5.28 Å². The van der Waals surface area contributed by atoms with Gasteiger partial charge >= 0.3 is 0 Å². The molecule has 0 unspecified atom stereocenters. The predicted octanol–water partition coefficient (Wildman–Crippen LogP) is 1.16. The van der Waals surface area contributed by atoms with Crippen molar-refractivity contribution in [1.82, 2.24) is 9.97 Å². The van der Waals surface area contributed by atoms with Gasteiger partial charge in [0.1, 0.15) is 0 Å². The van der Waals surface area contributed by atoms with Gasteiger partial charge in [-0.05, 0) is 11.6 Å². The Hall–Kier alpha value is -1.94. The van der Waals surface area contributed by atoms with Gasteiger partial charge in [-0.3, -0.25) is 0 Å². The van der Waals surface area contributed by atoms with Crippen LogP contribution in [0.15, 0.2) is 36.5 Å². The molecule has 1 heterocycles. The molecule has 0 fully saturated rings. The van der Waals surface area contributed by atoms with Gasteiger partial charge < -0.3 is 9.90 Å². The van der Waals surface area contributed by atoms with Crippen LogP contribution in [0.4, 0.5) is 0 Å². The quantitative estimate of drug-likeness (QED) is 0.730. The molecule has 80 valence electrons. The number of benzene rings is 1. The van der Waals surface area contributed by atoms with Gasteiger partial charge in [0.2, 0.25) is 5.28 Å². The number of aromatic carboxylic acids is 1. The van der Waals surface area contributed by atoms with Gasteiger partial charge in [0.05, 0.1) is 11.7 Å². The molecule has 0 bridgehead atoms. The summed E-state index contributed by atoms with van der Waals surface area (Å²) < 4.78 is 0. The summed E-state index contributed by atoms with van der Waals surface area (Å²) in [5, 5.41) is 10.9. The highest BCUT2D eigenvalue weighted by atomic mass is 35.5. The van der Waals surface area contributed by atoms with Crippen LogP contribution < -0.4 is 5.11 Å². The highest BCUT2D eigenvalue weighted by Gasteiger charge is 2.09. The van der Waals surface area contributed by atoms with Crippen LogP contribution in [0, 0.1) is 0 Å². The lowest BCUT2D eigenvalue weighted by Gasteiger charge is -2.08. The summed E-state index contributed by atoms with van der Waals surface area (Å²) in [7, 11) is 0. The number of aromatic nitrogens is 2. The Balaban J connectivity index is 2.63. The van der Waals surface area contributed by atoms with E-state index in [1.807, 2.05) is 6.07 Å². The van der Waals surface area contributed by atoms with Crippen molar-refractivity contribution in [3.8, 4) is 11.3 Å². The van der Waals surface area contributed by atoms with E-state index in [-0.39, 0.29) is 16.5 Å². The summed E-state index contributed by atoms with van der Waals surface area (Å²) in [6, 6.07) is 8.87. The molecular weight excluding hydrogens is 228 g/mol. The average molecular weight is 234 g/mol. The molecule has 0 aliphatic heterocycles. The van der Waals surface area contributed by atoms with Gasteiger partial charge in [-0.1, -0.05) is 30.3 Å². The van der Waals surface area contributed by atoms with Crippen molar-refractivity contribution in [3.05, 3.63) is 47.4 Å². The number of carbonyl (C=O) groups excluding carboxylic acids is 1. The Labute approximate surface area is 96.6 Å². The van der Waals surface area contributed by atoms with Crippen molar-refractivity contribution in [2.24, 2.45) is 0 Å². The number of hydrogen-bond acceptors (Lipinski definition) is 4. The lowest BCUT2D eigenvalue weighted by atomic mass is 10.1. The van der Waals surface area contributed by atoms with E-state index >= 15 is 0 Å². The largest absolute Gasteiger partial charge is 0.545 e. The van der Waals surface area contributed by atoms with E-state index in [4.69, 9.17) is 11.6 Å². The number of carboxylic acids is 1. The number of hydrogen-bond donors (Lipinski definition) is 0. The number of carbonyl (C=O) groups is 1. The molecule has 2 aromatic rings. The molecule has 1 aromatic carbocycles. The van der Waals surface area contributed by atoms with Crippen LogP contribution in [0.3, 0.4) is 0 Å². The monoisotopic (exact) mass is 233 g/mol. The summed E-state index contributed by atoms with van der Waals surface area (Å²) in [5.74, 6) is -1.32. The number of halogens is 1. The van der Waals surface area contributed by atoms with Crippen molar-refractivity contribution in [3.63, 3.8) is 0 Å². The normalized spacial score (nSPS) is 10.1. The molecule has 0 aliphatic carbocycles. The molecule has 0 N–H and O–H groups in total. The van der Waals surface area contributed by atoms with Crippen molar-refractivity contribution >= 4 is 17.6 Å². The Kier molecular flexibility index (Phi) is 2.83. The fourth-order valence-corrected chi connectivity index (χ4v) is 1.46. The summed E-state index contributed by atoms with van der Waals surface area (Å²) in [4.78, 5) is 18.4. The Bertz CT molecular complexity index is 529. The van der Waals surface area contributed by atoms with Crippen LogP contribution in [0.1, 0.15) is 10.4 Å². The van der Waals surface area contributed by atoms with E-state index in [0.29, 0.717) is 5.56 Å². The van der Waals surface area contributed by atoms with Gasteiger partial charge in [0, 0.05) is 17.3 Å². The van der Waals surface area contributed by atoms with Crippen molar-refractivity contribution in [1.29, 1.82) is 0 Å². The number of carboxylic acid groups (broad SMARTS) is 1. The first-order valence-electron chi connectivity index (χ1n) is 4.48. The second-order valence-corrected chi connectivity index (χ2v) is 3.39. The van der Waals surface area contributed by atoms with Gasteiger partial charge in [0.15, 0.2) is 0 Å². The molecule has 0 saturated carbocycles. The number of nitrogens with zero attached hydrogens (tertiary/aromatic N) is 2. The molecule has 0 amide bonds. The molecule has 0 saturated heterocycles. The Morgan fingerprint density at radius 2 is 1.94 bits per heavy atom. The Morgan fingerprint density at radius 3 is 2.56 bits per heavy atom.